The normalized spacial score (nSPS) is 11.4. The molecule has 1 aromatic heterocycles. The van der Waals surface area contributed by atoms with Gasteiger partial charge >= 0.3 is 5.97 Å². The second-order valence-electron chi connectivity index (χ2n) is 4.31. The zero-order valence-corrected chi connectivity index (χ0v) is 15.9. The monoisotopic (exact) mass is 436 g/mol. The molecule has 0 amide bonds. The average molecular weight is 438 g/mol. The largest absolute Gasteiger partial charge is 0.513 e. The minimum absolute atomic E-state index is 0.0329. The Morgan fingerprint density at radius 3 is 2.70 bits per heavy atom. The van der Waals surface area contributed by atoms with Crippen LogP contribution in [0.1, 0.15) is 0 Å². The fourth-order valence-corrected chi connectivity index (χ4v) is 3.58. The standard InChI is InChI=1S/C14H11BrCl2N2O3S/c1-19(10(6-20)13(21)22-2)14-18-11(12(15)23-14)7-3-4-8(16)9(17)5-7/h3-6,20H,1-2H3/b10-6+. The highest BCUT2D eigenvalue weighted by Gasteiger charge is 2.21. The highest BCUT2D eigenvalue weighted by molar-refractivity contribution is 9.11. The number of halogens is 3. The van der Waals surface area contributed by atoms with Gasteiger partial charge in [-0.3, -0.25) is 0 Å². The summed E-state index contributed by atoms with van der Waals surface area (Å²) in [4.78, 5) is 17.5. The number of rotatable bonds is 4. The van der Waals surface area contributed by atoms with E-state index in [-0.39, 0.29) is 5.70 Å². The number of anilines is 1. The molecular formula is C14H11BrCl2N2O3S. The van der Waals surface area contributed by atoms with Crippen LogP contribution in [0.4, 0.5) is 5.13 Å². The number of hydrogen-bond donors (Lipinski definition) is 1. The Bertz CT molecular complexity index is 779. The molecule has 2 aromatic rings. The number of likely N-dealkylation sites (N-methyl/N-ethyl adjacent to an activating group) is 1. The summed E-state index contributed by atoms with van der Waals surface area (Å²) in [5, 5.41) is 10.6. The zero-order chi connectivity index (χ0) is 17.1. The molecule has 0 saturated carbocycles. The SMILES string of the molecule is COC(=O)/C(=C\O)N(C)c1nc(-c2ccc(Cl)c(Cl)c2)c(Br)s1. The van der Waals surface area contributed by atoms with Gasteiger partial charge in [0.2, 0.25) is 0 Å². The quantitative estimate of drug-likeness (QED) is 0.419. The molecule has 9 heteroatoms. The summed E-state index contributed by atoms with van der Waals surface area (Å²) < 4.78 is 5.37. The van der Waals surface area contributed by atoms with Crippen LogP contribution in [0.3, 0.4) is 0 Å². The molecule has 1 heterocycles. The number of hydrogen-bond acceptors (Lipinski definition) is 6. The van der Waals surface area contributed by atoms with Gasteiger partial charge in [0.25, 0.3) is 0 Å². The Morgan fingerprint density at radius 2 is 2.13 bits per heavy atom. The molecule has 0 fully saturated rings. The third kappa shape index (κ3) is 3.80. The Labute approximate surface area is 155 Å². The van der Waals surface area contributed by atoms with Crippen LogP contribution in [-0.4, -0.2) is 30.2 Å². The van der Waals surface area contributed by atoms with Crippen molar-refractivity contribution in [3.05, 3.63) is 44.0 Å². The van der Waals surface area contributed by atoms with Gasteiger partial charge in [0.1, 0.15) is 6.26 Å². The molecule has 0 atom stereocenters. The summed E-state index contributed by atoms with van der Waals surface area (Å²) in [7, 11) is 2.83. The van der Waals surface area contributed by atoms with E-state index >= 15 is 0 Å². The van der Waals surface area contributed by atoms with Crippen molar-refractivity contribution < 1.29 is 14.6 Å². The molecular weight excluding hydrogens is 427 g/mol. The predicted octanol–water partition coefficient (Wildman–Crippen LogP) is 4.89. The van der Waals surface area contributed by atoms with Crippen LogP contribution in [0.2, 0.25) is 10.0 Å². The van der Waals surface area contributed by atoms with Crippen LogP contribution in [-0.2, 0) is 9.53 Å². The first-order chi connectivity index (χ1) is 10.9. The molecule has 2 rings (SSSR count). The van der Waals surface area contributed by atoms with Gasteiger partial charge in [-0.2, -0.15) is 0 Å². The van der Waals surface area contributed by atoms with Crippen LogP contribution >= 0.6 is 50.5 Å². The van der Waals surface area contributed by atoms with Crippen LogP contribution in [0.25, 0.3) is 11.3 Å². The number of esters is 1. The van der Waals surface area contributed by atoms with Crippen molar-refractivity contribution >= 4 is 61.6 Å². The first-order valence-electron chi connectivity index (χ1n) is 6.17. The molecule has 0 aliphatic heterocycles. The number of aliphatic hydroxyl groups excluding tert-OH is 1. The van der Waals surface area contributed by atoms with Crippen molar-refractivity contribution in [3.63, 3.8) is 0 Å². The molecule has 0 bridgehead atoms. The lowest BCUT2D eigenvalue weighted by atomic mass is 10.2. The van der Waals surface area contributed by atoms with Crippen molar-refractivity contribution in [3.8, 4) is 11.3 Å². The number of carbonyl (C=O) groups excluding carboxylic acids is 1. The van der Waals surface area contributed by atoms with Crippen molar-refractivity contribution in [1.29, 1.82) is 0 Å². The van der Waals surface area contributed by atoms with E-state index in [9.17, 15) is 9.90 Å². The summed E-state index contributed by atoms with van der Waals surface area (Å²) in [6.45, 7) is 0. The number of thiazole rings is 1. The first-order valence-corrected chi connectivity index (χ1v) is 8.53. The van der Waals surface area contributed by atoms with Gasteiger partial charge < -0.3 is 14.7 Å². The maximum atomic E-state index is 11.6. The minimum Gasteiger partial charge on any atom is -0.513 e. The molecule has 0 radical (unpaired) electrons. The number of methoxy groups -OCH3 is 1. The van der Waals surface area contributed by atoms with E-state index in [1.807, 2.05) is 0 Å². The van der Waals surface area contributed by atoms with Gasteiger partial charge in [-0.15, -0.1) is 0 Å². The molecule has 0 spiro atoms. The molecule has 0 aliphatic carbocycles. The maximum absolute atomic E-state index is 11.6. The van der Waals surface area contributed by atoms with Crippen LogP contribution in [0, 0.1) is 0 Å². The van der Waals surface area contributed by atoms with Gasteiger partial charge in [0.05, 0.1) is 26.6 Å². The topological polar surface area (TPSA) is 62.7 Å². The van der Waals surface area contributed by atoms with Crippen molar-refractivity contribution in [2.75, 3.05) is 19.1 Å². The lowest BCUT2D eigenvalue weighted by molar-refractivity contribution is -0.136. The van der Waals surface area contributed by atoms with E-state index in [1.54, 1.807) is 25.2 Å². The molecule has 0 aliphatic rings. The summed E-state index contributed by atoms with van der Waals surface area (Å²) in [5.74, 6) is -0.669. The molecule has 1 aromatic carbocycles. The van der Waals surface area contributed by atoms with Crippen LogP contribution < -0.4 is 4.90 Å². The lowest BCUT2D eigenvalue weighted by Crippen LogP contribution is -2.24. The summed E-state index contributed by atoms with van der Waals surface area (Å²) in [5.41, 5.74) is 1.39. The van der Waals surface area contributed by atoms with Gasteiger partial charge in [0.15, 0.2) is 10.8 Å². The van der Waals surface area contributed by atoms with Gasteiger partial charge in [0, 0.05) is 12.6 Å². The third-order valence-corrected chi connectivity index (χ3v) is 5.45. The van der Waals surface area contributed by atoms with Crippen LogP contribution in [0.5, 0.6) is 0 Å². The van der Waals surface area contributed by atoms with Crippen molar-refractivity contribution in [1.82, 2.24) is 4.98 Å². The number of aromatic nitrogens is 1. The molecule has 0 unspecified atom stereocenters. The number of benzene rings is 1. The Morgan fingerprint density at radius 1 is 1.43 bits per heavy atom. The first kappa shape index (κ1) is 18.1. The minimum atomic E-state index is -0.669. The number of ether oxygens (including phenoxy) is 1. The smallest absolute Gasteiger partial charge is 0.357 e. The predicted molar refractivity (Wildman–Crippen MR) is 96.4 cm³/mol. The van der Waals surface area contributed by atoms with Gasteiger partial charge in [-0.05, 0) is 28.1 Å². The molecule has 122 valence electrons. The van der Waals surface area contributed by atoms with Gasteiger partial charge in [-0.25, -0.2) is 9.78 Å². The van der Waals surface area contributed by atoms with E-state index in [4.69, 9.17) is 23.2 Å². The van der Waals surface area contributed by atoms with Gasteiger partial charge in [-0.1, -0.05) is 40.6 Å². The van der Waals surface area contributed by atoms with E-state index in [0.29, 0.717) is 27.1 Å². The molecule has 23 heavy (non-hydrogen) atoms. The maximum Gasteiger partial charge on any atom is 0.357 e. The van der Waals surface area contributed by atoms with Crippen LogP contribution in [0.15, 0.2) is 33.9 Å². The summed E-state index contributed by atoms with van der Waals surface area (Å²) in [6, 6.07) is 5.18. The number of aliphatic hydroxyl groups is 1. The number of carbonyl (C=O) groups is 1. The highest BCUT2D eigenvalue weighted by Crippen LogP contribution is 2.39. The summed E-state index contributed by atoms with van der Waals surface area (Å²) in [6.07, 6.45) is 0.681. The zero-order valence-electron chi connectivity index (χ0n) is 12.0. The number of nitrogens with zero attached hydrogens (tertiary/aromatic N) is 2. The Hall–Kier alpha value is -1.28. The lowest BCUT2D eigenvalue weighted by Gasteiger charge is -2.16. The summed E-state index contributed by atoms with van der Waals surface area (Å²) >= 11 is 16.7. The molecule has 5 nitrogen and oxygen atoms in total. The fraction of sp³-hybridized carbons (Fsp3) is 0.143. The molecule has 0 saturated heterocycles. The van der Waals surface area contributed by atoms with E-state index in [2.05, 4.69) is 25.7 Å². The van der Waals surface area contributed by atoms with E-state index in [1.165, 1.54) is 23.3 Å². The fourth-order valence-electron chi connectivity index (χ4n) is 1.74. The second-order valence-corrected chi connectivity index (χ2v) is 7.42. The van der Waals surface area contributed by atoms with Crippen molar-refractivity contribution in [2.45, 2.75) is 0 Å². The Kier molecular flexibility index (Phi) is 5.91. The van der Waals surface area contributed by atoms with E-state index in [0.717, 1.165) is 9.35 Å². The third-order valence-electron chi connectivity index (χ3n) is 2.93. The van der Waals surface area contributed by atoms with Crippen molar-refractivity contribution in [2.24, 2.45) is 0 Å². The average Bonchev–Trinajstić information content (AvgIpc) is 2.92. The Balaban J connectivity index is 2.41. The van der Waals surface area contributed by atoms with E-state index < -0.39 is 5.97 Å². The highest BCUT2D eigenvalue weighted by atomic mass is 79.9. The molecule has 1 N–H and O–H groups in total. The second kappa shape index (κ2) is 7.53.